The molecule has 2 rings (SSSR count). The van der Waals surface area contributed by atoms with Crippen molar-refractivity contribution in [3.63, 3.8) is 0 Å². The summed E-state index contributed by atoms with van der Waals surface area (Å²) in [6, 6.07) is 9.40. The van der Waals surface area contributed by atoms with Crippen LogP contribution in [0.5, 0.6) is 5.75 Å². The molecule has 0 aliphatic heterocycles. The summed E-state index contributed by atoms with van der Waals surface area (Å²) in [6.07, 6.45) is -0.843. The Labute approximate surface area is 142 Å². The molecule has 2 aromatic carbocycles. The third-order valence-corrected chi connectivity index (χ3v) is 4.12. The molecule has 0 aromatic heterocycles. The molecular weight excluding hydrogens is 306 g/mol. The Morgan fingerprint density at radius 2 is 1.71 bits per heavy atom. The van der Waals surface area contributed by atoms with Crippen molar-refractivity contribution in [3.8, 4) is 5.75 Å². The Balaban J connectivity index is 2.30. The van der Waals surface area contributed by atoms with Gasteiger partial charge in [0.2, 0.25) is 0 Å². The normalized spacial score (nSPS) is 10.4. The Kier molecular flexibility index (Phi) is 5.46. The molecule has 1 amide bonds. The predicted molar refractivity (Wildman–Crippen MR) is 92.8 cm³/mol. The lowest BCUT2D eigenvalue weighted by Gasteiger charge is -2.20. The summed E-state index contributed by atoms with van der Waals surface area (Å²) in [5.74, 6) is 0.787. The van der Waals surface area contributed by atoms with Gasteiger partial charge in [0.15, 0.2) is 0 Å². The number of nitrogens with zero attached hydrogens (tertiary/aromatic N) is 1. The molecule has 128 valence electrons. The molecule has 0 aliphatic rings. The minimum Gasteiger partial charge on any atom is -0.489 e. The van der Waals surface area contributed by atoms with E-state index in [4.69, 9.17) is 4.74 Å². The zero-order valence-electron chi connectivity index (χ0n) is 14.7. The number of carbonyl (C=O) groups is 1. The number of hydrogen-bond donors (Lipinski definition) is 1. The van der Waals surface area contributed by atoms with Crippen LogP contribution in [0.25, 0.3) is 0 Å². The number of hydrogen-bond acceptors (Lipinski definition) is 4. The number of ether oxygens (including phenoxy) is 2. The van der Waals surface area contributed by atoms with E-state index < -0.39 is 6.09 Å². The monoisotopic (exact) mass is 329 g/mol. The summed E-state index contributed by atoms with van der Waals surface area (Å²) in [5, 5.41) is 10.5. The Morgan fingerprint density at radius 3 is 2.38 bits per heavy atom. The molecule has 0 unspecified atom stereocenters. The number of carbonyl (C=O) groups excluding carboxylic acids is 1. The summed E-state index contributed by atoms with van der Waals surface area (Å²) < 4.78 is 10.5. The quantitative estimate of drug-likeness (QED) is 0.664. The maximum Gasteiger partial charge on any atom is 0.438 e. The molecule has 5 nitrogen and oxygen atoms in total. The van der Waals surface area contributed by atoms with Crippen LogP contribution in [0.2, 0.25) is 0 Å². The first-order valence-corrected chi connectivity index (χ1v) is 7.71. The second-order valence-electron chi connectivity index (χ2n) is 5.85. The smallest absolute Gasteiger partial charge is 0.438 e. The van der Waals surface area contributed by atoms with Gasteiger partial charge in [0.1, 0.15) is 12.4 Å². The molecule has 0 fully saturated rings. The van der Waals surface area contributed by atoms with Gasteiger partial charge >= 0.3 is 6.09 Å². The first-order chi connectivity index (χ1) is 11.3. The van der Waals surface area contributed by atoms with Gasteiger partial charge in [-0.2, -0.15) is 5.06 Å². The summed E-state index contributed by atoms with van der Waals surface area (Å²) >= 11 is 0. The molecule has 5 heteroatoms. The van der Waals surface area contributed by atoms with Crippen molar-refractivity contribution >= 4 is 11.8 Å². The van der Waals surface area contributed by atoms with Gasteiger partial charge in [-0.3, -0.25) is 5.21 Å². The molecule has 0 heterocycles. The van der Waals surface area contributed by atoms with Gasteiger partial charge < -0.3 is 9.47 Å². The highest BCUT2D eigenvalue weighted by Gasteiger charge is 2.19. The molecule has 0 aliphatic carbocycles. The van der Waals surface area contributed by atoms with Gasteiger partial charge in [0.25, 0.3) is 0 Å². The van der Waals surface area contributed by atoms with E-state index in [0.29, 0.717) is 10.8 Å². The molecule has 2 aromatic rings. The fraction of sp³-hybridized carbons (Fsp3) is 0.316. The van der Waals surface area contributed by atoms with E-state index in [-0.39, 0.29) is 6.61 Å². The van der Waals surface area contributed by atoms with Crippen LogP contribution < -0.4 is 9.80 Å². The van der Waals surface area contributed by atoms with Crippen LogP contribution in [-0.4, -0.2) is 18.4 Å². The molecule has 1 N–H and O–H groups in total. The molecule has 0 atom stereocenters. The molecule has 24 heavy (non-hydrogen) atoms. The third kappa shape index (κ3) is 3.68. The van der Waals surface area contributed by atoms with Crippen molar-refractivity contribution in [1.82, 2.24) is 0 Å². The van der Waals surface area contributed by atoms with Crippen LogP contribution in [0.1, 0.15) is 27.8 Å². The number of aryl methyl sites for hydroxylation is 4. The molecule has 0 bridgehead atoms. The summed E-state index contributed by atoms with van der Waals surface area (Å²) in [5.41, 5.74) is 5.40. The zero-order valence-corrected chi connectivity index (χ0v) is 14.7. The molecule has 0 saturated heterocycles. The van der Waals surface area contributed by atoms with Crippen molar-refractivity contribution in [2.24, 2.45) is 0 Å². The maximum absolute atomic E-state index is 11.6. The van der Waals surface area contributed by atoms with Crippen LogP contribution in [0, 0.1) is 27.7 Å². The second kappa shape index (κ2) is 7.36. The average molecular weight is 329 g/mol. The number of amides is 1. The lowest BCUT2D eigenvalue weighted by molar-refractivity contribution is 0.140. The van der Waals surface area contributed by atoms with Gasteiger partial charge in [-0.05, 0) is 62.1 Å². The summed E-state index contributed by atoms with van der Waals surface area (Å²) in [7, 11) is 1.22. The Bertz CT molecular complexity index is 755. The van der Waals surface area contributed by atoms with E-state index in [1.165, 1.54) is 12.7 Å². The average Bonchev–Trinajstić information content (AvgIpc) is 2.56. The van der Waals surface area contributed by atoms with E-state index in [1.54, 1.807) is 12.1 Å². The number of hydroxylamine groups is 1. The van der Waals surface area contributed by atoms with Crippen molar-refractivity contribution in [2.45, 2.75) is 34.3 Å². The summed E-state index contributed by atoms with van der Waals surface area (Å²) in [4.78, 5) is 11.6. The van der Waals surface area contributed by atoms with Crippen LogP contribution in [0.3, 0.4) is 0 Å². The second-order valence-corrected chi connectivity index (χ2v) is 5.85. The van der Waals surface area contributed by atoms with Gasteiger partial charge in [-0.1, -0.05) is 18.2 Å². The fourth-order valence-corrected chi connectivity index (χ4v) is 2.50. The molecule has 0 saturated carbocycles. The standard InChI is InChI=1S/C19H23NO4/c1-12-7-6-8-17(20(22)19(21)23-5)16(12)11-24-18-10-14(3)13(2)9-15(18)4/h6-10,22H,11H2,1-5H3. The highest BCUT2D eigenvalue weighted by Crippen LogP contribution is 2.27. The van der Waals surface area contributed by atoms with Crippen molar-refractivity contribution in [3.05, 3.63) is 58.1 Å². The van der Waals surface area contributed by atoms with Crippen molar-refractivity contribution < 1.29 is 19.5 Å². The third-order valence-electron chi connectivity index (χ3n) is 4.12. The SMILES string of the molecule is COC(=O)N(O)c1cccc(C)c1COc1cc(C)c(C)cc1C. The van der Waals surface area contributed by atoms with E-state index >= 15 is 0 Å². The number of anilines is 1. The zero-order chi connectivity index (χ0) is 17.9. The minimum absolute atomic E-state index is 0.236. The highest BCUT2D eigenvalue weighted by atomic mass is 16.6. The van der Waals surface area contributed by atoms with E-state index in [9.17, 15) is 10.0 Å². The lowest BCUT2D eigenvalue weighted by atomic mass is 10.1. The van der Waals surface area contributed by atoms with Gasteiger partial charge in [-0.25, -0.2) is 4.79 Å². The van der Waals surface area contributed by atoms with Crippen LogP contribution in [0.4, 0.5) is 10.5 Å². The first kappa shape index (κ1) is 17.8. The van der Waals surface area contributed by atoms with Gasteiger partial charge in [0.05, 0.1) is 12.8 Å². The van der Waals surface area contributed by atoms with E-state index in [2.05, 4.69) is 17.7 Å². The lowest BCUT2D eigenvalue weighted by Crippen LogP contribution is -2.28. The number of rotatable bonds is 4. The van der Waals surface area contributed by atoms with Crippen LogP contribution in [-0.2, 0) is 11.3 Å². The predicted octanol–water partition coefficient (Wildman–Crippen LogP) is 4.46. The first-order valence-electron chi connectivity index (χ1n) is 7.71. The number of methoxy groups -OCH3 is 1. The van der Waals surface area contributed by atoms with Crippen LogP contribution in [0.15, 0.2) is 30.3 Å². The highest BCUT2D eigenvalue weighted by molar-refractivity contribution is 5.86. The molecule has 0 spiro atoms. The van der Waals surface area contributed by atoms with Crippen molar-refractivity contribution in [1.29, 1.82) is 0 Å². The Hall–Kier alpha value is -2.53. The van der Waals surface area contributed by atoms with Gasteiger partial charge in [-0.15, -0.1) is 0 Å². The topological polar surface area (TPSA) is 59.0 Å². The maximum atomic E-state index is 11.6. The fourth-order valence-electron chi connectivity index (χ4n) is 2.50. The largest absolute Gasteiger partial charge is 0.489 e. The molecular formula is C19H23NO4. The van der Waals surface area contributed by atoms with Crippen LogP contribution >= 0.6 is 0 Å². The van der Waals surface area contributed by atoms with Gasteiger partial charge in [0, 0.05) is 5.56 Å². The van der Waals surface area contributed by atoms with E-state index in [0.717, 1.165) is 28.0 Å². The van der Waals surface area contributed by atoms with Crippen molar-refractivity contribution in [2.75, 3.05) is 12.2 Å². The summed E-state index contributed by atoms with van der Waals surface area (Å²) in [6.45, 7) is 8.23. The number of benzene rings is 2. The minimum atomic E-state index is -0.843. The Morgan fingerprint density at radius 1 is 1.04 bits per heavy atom. The molecule has 0 radical (unpaired) electrons. The van der Waals surface area contributed by atoms with E-state index in [1.807, 2.05) is 32.9 Å².